The molecule has 6 nitrogen and oxygen atoms in total. The summed E-state index contributed by atoms with van der Waals surface area (Å²) in [5.74, 6) is 6.50. The molecule has 9 atom stereocenters. The molecule has 6 rings (SSSR count). The van der Waals surface area contributed by atoms with E-state index in [2.05, 4.69) is 52.6 Å². The lowest BCUT2D eigenvalue weighted by molar-refractivity contribution is -0.151. The first-order valence-corrected chi connectivity index (χ1v) is 23.3. The van der Waals surface area contributed by atoms with E-state index >= 15 is 0 Å². The summed E-state index contributed by atoms with van der Waals surface area (Å²) in [5.41, 5.74) is 4.15. The molecule has 2 aromatic carbocycles. The molecule has 0 unspecified atom stereocenters. The maximum absolute atomic E-state index is 12.9. The molecule has 3 saturated carbocycles. The standard InChI is InChI=1S/C52H75NO5/c1-8-37(4)33-50(55)57-43-23-19-41(20-24-43)53-35-39-16-21-42(22-17-39)56-32-11-9-10-15-49(54)58-44-28-30-51(6)40(34-44)18-25-45-47-27-26-46(38(5)14-12-13-36(2)3)52(47,7)31-29-48(45)51/h16-24,35-38,44-48H,8-15,25-34H2,1-7H3/t37-,38+,44-,45-,46+,47-,48-,51-,52+/m0/s1. The third kappa shape index (κ3) is 11.0. The normalized spacial score (nSPS) is 28.9. The van der Waals surface area contributed by atoms with Crippen molar-refractivity contribution < 1.29 is 23.8 Å². The Morgan fingerprint density at radius 3 is 2.33 bits per heavy atom. The van der Waals surface area contributed by atoms with Crippen molar-refractivity contribution >= 4 is 23.8 Å². The molecule has 6 heteroatoms. The minimum atomic E-state index is -0.204. The van der Waals surface area contributed by atoms with Gasteiger partial charge in [-0.25, -0.2) is 0 Å². The van der Waals surface area contributed by atoms with Crippen LogP contribution in [-0.2, 0) is 14.3 Å². The van der Waals surface area contributed by atoms with Gasteiger partial charge in [0, 0.05) is 25.5 Å². The number of fused-ring (bicyclic) bond motifs is 5. The van der Waals surface area contributed by atoms with Crippen molar-refractivity contribution in [2.45, 2.75) is 164 Å². The summed E-state index contributed by atoms with van der Waals surface area (Å²) in [6.07, 6.45) is 23.1. The monoisotopic (exact) mass is 794 g/mol. The van der Waals surface area contributed by atoms with Gasteiger partial charge in [0.05, 0.1) is 12.3 Å². The smallest absolute Gasteiger partial charge is 0.311 e. The van der Waals surface area contributed by atoms with Crippen LogP contribution in [0.4, 0.5) is 5.69 Å². The highest BCUT2D eigenvalue weighted by atomic mass is 16.5. The Morgan fingerprint density at radius 2 is 1.59 bits per heavy atom. The van der Waals surface area contributed by atoms with Crippen molar-refractivity contribution in [1.29, 1.82) is 0 Å². The van der Waals surface area contributed by atoms with Crippen molar-refractivity contribution in [3.8, 4) is 11.5 Å². The molecule has 0 saturated heterocycles. The summed E-state index contributed by atoms with van der Waals surface area (Å²) in [4.78, 5) is 29.6. The molecule has 0 N–H and O–H groups in total. The lowest BCUT2D eigenvalue weighted by Gasteiger charge is -2.58. The number of hydrogen-bond donors (Lipinski definition) is 0. The summed E-state index contributed by atoms with van der Waals surface area (Å²) in [5, 5.41) is 0. The van der Waals surface area contributed by atoms with E-state index < -0.39 is 0 Å². The average Bonchev–Trinajstić information content (AvgIpc) is 3.56. The number of carbonyl (C=O) groups is 2. The molecule has 3 fully saturated rings. The van der Waals surface area contributed by atoms with Gasteiger partial charge in [0.15, 0.2) is 0 Å². The fraction of sp³-hybridized carbons (Fsp3) is 0.673. The zero-order valence-corrected chi connectivity index (χ0v) is 37.1. The number of esters is 2. The Labute approximate surface area is 351 Å². The molecule has 2 aromatic rings. The maximum atomic E-state index is 12.9. The van der Waals surface area contributed by atoms with Gasteiger partial charge in [0.25, 0.3) is 0 Å². The molecular weight excluding hydrogens is 719 g/mol. The zero-order valence-electron chi connectivity index (χ0n) is 37.1. The third-order valence-electron chi connectivity index (χ3n) is 15.4. The van der Waals surface area contributed by atoms with Gasteiger partial charge in [-0.1, -0.05) is 85.8 Å². The third-order valence-corrected chi connectivity index (χ3v) is 15.4. The number of rotatable bonds is 19. The van der Waals surface area contributed by atoms with Gasteiger partial charge in [0.2, 0.25) is 0 Å². The highest BCUT2D eigenvalue weighted by molar-refractivity contribution is 5.82. The van der Waals surface area contributed by atoms with Gasteiger partial charge in [0.1, 0.15) is 17.6 Å². The van der Waals surface area contributed by atoms with Gasteiger partial charge in [-0.3, -0.25) is 14.6 Å². The summed E-state index contributed by atoms with van der Waals surface area (Å²) >= 11 is 0. The number of aliphatic imine (C=N–C) groups is 1. The van der Waals surface area contributed by atoms with Gasteiger partial charge >= 0.3 is 11.9 Å². The molecular formula is C52H75NO5. The lowest BCUT2D eigenvalue weighted by atomic mass is 9.47. The first kappa shape index (κ1) is 44.2. The topological polar surface area (TPSA) is 74.2 Å². The number of nitrogens with zero attached hydrogens (tertiary/aromatic N) is 1. The number of carbonyl (C=O) groups excluding carboxylic acids is 2. The molecule has 0 amide bonds. The van der Waals surface area contributed by atoms with Crippen LogP contribution in [0.2, 0.25) is 0 Å². The molecule has 0 spiro atoms. The van der Waals surface area contributed by atoms with Crippen LogP contribution in [0.15, 0.2) is 65.2 Å². The van der Waals surface area contributed by atoms with Crippen molar-refractivity contribution in [3.05, 3.63) is 65.7 Å². The Balaban J connectivity index is 0.866. The second-order valence-electron chi connectivity index (χ2n) is 19.8. The van der Waals surface area contributed by atoms with Crippen LogP contribution < -0.4 is 9.47 Å². The molecule has 318 valence electrons. The van der Waals surface area contributed by atoms with Gasteiger partial charge in [-0.05, 0) is 171 Å². The highest BCUT2D eigenvalue weighted by Crippen LogP contribution is 2.67. The van der Waals surface area contributed by atoms with Gasteiger partial charge in [-0.2, -0.15) is 0 Å². The number of allylic oxidation sites excluding steroid dienone is 1. The van der Waals surface area contributed by atoms with E-state index in [-0.39, 0.29) is 23.5 Å². The second-order valence-corrected chi connectivity index (χ2v) is 19.8. The van der Waals surface area contributed by atoms with Crippen LogP contribution in [-0.4, -0.2) is 30.9 Å². The molecule has 0 heterocycles. The summed E-state index contributed by atoms with van der Waals surface area (Å²) in [6, 6.07) is 15.1. The van der Waals surface area contributed by atoms with Gasteiger partial charge in [-0.15, -0.1) is 0 Å². The lowest BCUT2D eigenvalue weighted by Crippen LogP contribution is -2.51. The Kier molecular flexibility index (Phi) is 15.4. The number of hydrogen-bond acceptors (Lipinski definition) is 6. The van der Waals surface area contributed by atoms with Crippen molar-refractivity contribution in [2.24, 2.45) is 57.2 Å². The fourth-order valence-corrected chi connectivity index (χ4v) is 11.7. The van der Waals surface area contributed by atoms with E-state index in [1.807, 2.05) is 49.5 Å². The average molecular weight is 794 g/mol. The van der Waals surface area contributed by atoms with Crippen LogP contribution in [0.25, 0.3) is 0 Å². The summed E-state index contributed by atoms with van der Waals surface area (Å²) < 4.78 is 17.5. The van der Waals surface area contributed by atoms with Crippen molar-refractivity contribution in [3.63, 3.8) is 0 Å². The SMILES string of the molecule is CC[C@H](C)CC(=O)Oc1ccc(N=Cc2ccc(OCCCCCC(=O)O[C@H]3CC[C@@]4(C)C(=CC[C@H]5[C@@H]6CC[C@H]([C@H](C)CCCC(C)C)[C@@]6(C)CC[C@@H]54)C3)cc2)cc1. The largest absolute Gasteiger partial charge is 0.494 e. The first-order chi connectivity index (χ1) is 27.9. The fourth-order valence-electron chi connectivity index (χ4n) is 11.7. The first-order valence-electron chi connectivity index (χ1n) is 23.3. The minimum Gasteiger partial charge on any atom is -0.494 e. The van der Waals surface area contributed by atoms with Crippen molar-refractivity contribution in [1.82, 2.24) is 0 Å². The molecule has 0 radical (unpaired) electrons. The number of benzene rings is 2. The van der Waals surface area contributed by atoms with Crippen LogP contribution in [0.3, 0.4) is 0 Å². The minimum absolute atomic E-state index is 0.0347. The zero-order chi connectivity index (χ0) is 41.3. The Morgan fingerprint density at radius 1 is 0.828 bits per heavy atom. The van der Waals surface area contributed by atoms with Crippen LogP contribution in [0.1, 0.15) is 163 Å². The van der Waals surface area contributed by atoms with E-state index in [1.165, 1.54) is 51.4 Å². The molecule has 0 aromatic heterocycles. The number of unbranched alkanes of at least 4 members (excludes halogenated alkanes) is 2. The quantitative estimate of drug-likeness (QED) is 0.0465. The Bertz CT molecular complexity index is 1690. The number of ether oxygens (including phenoxy) is 3. The molecule has 4 aliphatic rings. The Hall–Kier alpha value is -3.41. The van der Waals surface area contributed by atoms with E-state index in [9.17, 15) is 9.59 Å². The predicted molar refractivity (Wildman–Crippen MR) is 237 cm³/mol. The maximum Gasteiger partial charge on any atom is 0.311 e. The van der Waals surface area contributed by atoms with Crippen LogP contribution >= 0.6 is 0 Å². The van der Waals surface area contributed by atoms with Crippen LogP contribution in [0, 0.1) is 52.3 Å². The van der Waals surface area contributed by atoms with Crippen molar-refractivity contribution in [2.75, 3.05) is 6.61 Å². The molecule has 4 aliphatic carbocycles. The van der Waals surface area contributed by atoms with E-state index in [0.29, 0.717) is 36.5 Å². The molecule has 0 aliphatic heterocycles. The van der Waals surface area contributed by atoms with E-state index in [1.54, 1.807) is 17.7 Å². The van der Waals surface area contributed by atoms with Gasteiger partial charge < -0.3 is 14.2 Å². The summed E-state index contributed by atoms with van der Waals surface area (Å²) in [6.45, 7) is 17.3. The van der Waals surface area contributed by atoms with Crippen LogP contribution in [0.5, 0.6) is 11.5 Å². The summed E-state index contributed by atoms with van der Waals surface area (Å²) in [7, 11) is 0. The second kappa shape index (κ2) is 20.2. The molecule has 58 heavy (non-hydrogen) atoms. The predicted octanol–water partition coefficient (Wildman–Crippen LogP) is 13.7. The van der Waals surface area contributed by atoms with E-state index in [4.69, 9.17) is 14.2 Å². The molecule has 0 bridgehead atoms. The highest BCUT2D eigenvalue weighted by Gasteiger charge is 2.59. The van der Waals surface area contributed by atoms with E-state index in [0.717, 1.165) is 97.5 Å².